The summed E-state index contributed by atoms with van der Waals surface area (Å²) in [5, 5.41) is 32.3. The number of nitrogens with zero attached hydrogens (tertiary/aromatic N) is 1. The molecule has 10 nitrogen and oxygen atoms in total. The number of allylic oxidation sites excluding steroid dienone is 2. The number of benzene rings is 2. The number of methoxy groups -OCH3 is 2. The van der Waals surface area contributed by atoms with Crippen LogP contribution < -0.4 is 25.4 Å². The number of aliphatic imine (C=N–C) groups is 1. The number of carbonyl (C=O) groups is 1. The van der Waals surface area contributed by atoms with E-state index in [9.17, 15) is 15.0 Å². The van der Waals surface area contributed by atoms with E-state index in [1.807, 2.05) is 37.4 Å². The predicted molar refractivity (Wildman–Crippen MR) is 228 cm³/mol. The lowest BCUT2D eigenvalue weighted by Crippen LogP contribution is -2.42. The van der Waals surface area contributed by atoms with Crippen molar-refractivity contribution in [3.05, 3.63) is 53.6 Å². The average molecular weight is 797 g/mol. The molecule has 0 spiro atoms. The molecule has 5 N–H and O–H groups in total. The summed E-state index contributed by atoms with van der Waals surface area (Å²) < 4.78 is 17.8. The smallest absolute Gasteiger partial charge is 0.196 e. The zero-order chi connectivity index (χ0) is 39.3. The highest BCUT2D eigenvalue weighted by atomic mass is 33.1. The van der Waals surface area contributed by atoms with Crippen molar-refractivity contribution in [1.29, 1.82) is 0 Å². The number of ether oxygens (including phenoxy) is 3. The molecule has 0 saturated heterocycles. The van der Waals surface area contributed by atoms with Crippen LogP contribution in [-0.2, 0) is 22.4 Å². The summed E-state index contributed by atoms with van der Waals surface area (Å²) in [5.41, 5.74) is 1.56. The van der Waals surface area contributed by atoms with Crippen molar-refractivity contribution < 1.29 is 29.2 Å². The molecule has 0 aromatic heterocycles. The lowest BCUT2D eigenvalue weighted by Gasteiger charge is -2.34. The number of fused-ring (bicyclic) bond motifs is 3. The minimum absolute atomic E-state index is 0.0661. The van der Waals surface area contributed by atoms with E-state index in [1.54, 1.807) is 48.9 Å². The van der Waals surface area contributed by atoms with Crippen molar-refractivity contribution >= 4 is 39.0 Å². The van der Waals surface area contributed by atoms with Gasteiger partial charge in [0.05, 0.1) is 18.7 Å². The summed E-state index contributed by atoms with van der Waals surface area (Å²) in [6, 6.07) is 9.49. The molecule has 5 unspecified atom stereocenters. The first-order chi connectivity index (χ1) is 26.7. The number of rotatable bonds is 14. The normalized spacial score (nSPS) is 27.0. The van der Waals surface area contributed by atoms with Crippen LogP contribution in [0, 0.1) is 23.2 Å². The number of phenols is 2. The van der Waals surface area contributed by atoms with E-state index in [4.69, 9.17) is 14.2 Å². The number of likely N-dealkylation sites (N-methyl/N-ethyl adjacent to an activating group) is 1. The van der Waals surface area contributed by atoms with E-state index in [0.29, 0.717) is 54.3 Å². The highest BCUT2D eigenvalue weighted by Crippen LogP contribution is 2.50. The van der Waals surface area contributed by atoms with Gasteiger partial charge < -0.3 is 40.4 Å². The SMILES string of the molecule is CCCCCC1C=CC(=O)C2(Cc3ccc(O)c(OC)c3)CCCC2CSSCNC(=NC)Nc2cc(cc(OC3(CNC)CCC(CCOC)C3)c2O)C1. The van der Waals surface area contributed by atoms with Gasteiger partial charge in [0.2, 0.25) is 0 Å². The summed E-state index contributed by atoms with van der Waals surface area (Å²) in [4.78, 5) is 19.2. The maximum atomic E-state index is 14.7. The maximum absolute atomic E-state index is 14.7. The number of aromatic hydroxyl groups is 2. The molecule has 2 aliphatic carbocycles. The summed E-state index contributed by atoms with van der Waals surface area (Å²) in [6.07, 6.45) is 16.2. The maximum Gasteiger partial charge on any atom is 0.196 e. The van der Waals surface area contributed by atoms with Crippen LogP contribution in [0.5, 0.6) is 23.0 Å². The Labute approximate surface area is 336 Å². The lowest BCUT2D eigenvalue weighted by molar-refractivity contribution is -0.125. The molecule has 2 aromatic carbocycles. The number of ketones is 1. The van der Waals surface area contributed by atoms with E-state index >= 15 is 0 Å². The van der Waals surface area contributed by atoms with Gasteiger partial charge in [-0.2, -0.15) is 0 Å². The Morgan fingerprint density at radius 1 is 1.05 bits per heavy atom. The first-order valence-electron chi connectivity index (χ1n) is 20.2. The van der Waals surface area contributed by atoms with Crippen LogP contribution in [0.2, 0.25) is 0 Å². The fourth-order valence-corrected chi connectivity index (χ4v) is 11.2. The standard InChI is InChI=1S/C43H64N4O6S2/c1-6-7-8-10-30-13-15-39(49)43(26-32-12-14-36(48)37(23-32)52-5)18-9-11-34(43)27-54-55-29-46-41(45-3)47-35-22-33(21-30)24-38(40(35)50)53-42(28-44-2)19-16-31(25-42)17-20-51-4/h12-15,22-24,30-31,34,44,48,50H,6-11,16-21,25-29H2,1-5H3,(H2,45,46,47). The fourth-order valence-electron chi connectivity index (χ4n) is 8.95. The van der Waals surface area contributed by atoms with Gasteiger partial charge in [-0.05, 0) is 124 Å². The molecule has 2 aromatic rings. The van der Waals surface area contributed by atoms with Crippen LogP contribution in [0.4, 0.5) is 5.69 Å². The molecule has 3 aliphatic rings. The van der Waals surface area contributed by atoms with Crippen LogP contribution >= 0.6 is 21.6 Å². The van der Waals surface area contributed by atoms with Gasteiger partial charge >= 0.3 is 0 Å². The molecular weight excluding hydrogens is 733 g/mol. The molecule has 12 heteroatoms. The molecule has 2 saturated carbocycles. The Bertz CT molecular complexity index is 1620. The van der Waals surface area contributed by atoms with Crippen LogP contribution in [0.3, 0.4) is 0 Å². The van der Waals surface area contributed by atoms with E-state index in [1.165, 1.54) is 0 Å². The van der Waals surface area contributed by atoms with E-state index in [-0.39, 0.29) is 29.1 Å². The molecule has 5 atom stereocenters. The Kier molecular flexibility index (Phi) is 16.4. The van der Waals surface area contributed by atoms with E-state index in [2.05, 4.69) is 33.9 Å². The van der Waals surface area contributed by atoms with Crippen molar-refractivity contribution in [2.75, 3.05) is 58.4 Å². The van der Waals surface area contributed by atoms with Gasteiger partial charge in [0, 0.05) is 38.5 Å². The van der Waals surface area contributed by atoms with Crippen molar-refractivity contribution in [2.45, 2.75) is 96.0 Å². The van der Waals surface area contributed by atoms with Gasteiger partial charge in [0.1, 0.15) is 5.60 Å². The molecule has 0 amide bonds. The second kappa shape index (κ2) is 20.9. The van der Waals surface area contributed by atoms with Crippen molar-refractivity contribution in [3.63, 3.8) is 0 Å². The zero-order valence-corrected chi connectivity index (χ0v) is 35.2. The van der Waals surface area contributed by atoms with Gasteiger partial charge in [-0.15, -0.1) is 0 Å². The number of phenolic OH excluding ortho intramolecular Hbond substituents is 2. The third-order valence-electron chi connectivity index (χ3n) is 11.9. The van der Waals surface area contributed by atoms with Crippen molar-refractivity contribution in [2.24, 2.45) is 28.2 Å². The molecule has 1 aliphatic heterocycles. The summed E-state index contributed by atoms with van der Waals surface area (Å²) in [7, 11) is 10.5. The quantitative estimate of drug-likeness (QED) is 0.0716. The first kappa shape index (κ1) is 43.1. The highest BCUT2D eigenvalue weighted by molar-refractivity contribution is 8.76. The monoisotopic (exact) mass is 796 g/mol. The number of carbonyl (C=O) groups excluding carboxylic acids is 1. The summed E-state index contributed by atoms with van der Waals surface area (Å²) in [5.74, 6) is 4.04. The van der Waals surface area contributed by atoms with Gasteiger partial charge in [-0.25, -0.2) is 0 Å². The zero-order valence-electron chi connectivity index (χ0n) is 33.6. The van der Waals surface area contributed by atoms with Gasteiger partial charge in [-0.1, -0.05) is 66.3 Å². The third-order valence-corrected chi connectivity index (χ3v) is 14.1. The van der Waals surface area contributed by atoms with E-state index in [0.717, 1.165) is 94.1 Å². The number of hydrogen-bond acceptors (Lipinski definition) is 10. The number of anilines is 1. The summed E-state index contributed by atoms with van der Waals surface area (Å²) >= 11 is 0. The van der Waals surface area contributed by atoms with Gasteiger partial charge in [-0.3, -0.25) is 9.79 Å². The minimum Gasteiger partial charge on any atom is -0.504 e. The molecule has 55 heavy (non-hydrogen) atoms. The van der Waals surface area contributed by atoms with Gasteiger partial charge in [0.15, 0.2) is 34.7 Å². The molecular formula is C43H64N4O6S2. The number of guanidine groups is 1. The predicted octanol–water partition coefficient (Wildman–Crippen LogP) is 8.51. The highest BCUT2D eigenvalue weighted by Gasteiger charge is 2.47. The lowest BCUT2D eigenvalue weighted by atomic mass is 9.70. The third kappa shape index (κ3) is 11.3. The molecule has 2 fully saturated rings. The molecule has 5 rings (SSSR count). The first-order valence-corrected chi connectivity index (χ1v) is 22.7. The Morgan fingerprint density at radius 2 is 1.91 bits per heavy atom. The van der Waals surface area contributed by atoms with Crippen molar-refractivity contribution in [3.8, 4) is 23.0 Å². The average Bonchev–Trinajstić information content (AvgIpc) is 3.78. The minimum atomic E-state index is -0.546. The van der Waals surface area contributed by atoms with E-state index < -0.39 is 11.0 Å². The Morgan fingerprint density at radius 3 is 2.67 bits per heavy atom. The van der Waals surface area contributed by atoms with Gasteiger partial charge in [0.25, 0.3) is 0 Å². The molecule has 0 radical (unpaired) electrons. The molecule has 304 valence electrons. The number of unbranched alkanes of at least 4 members (excludes halogenated alkanes) is 2. The Hall–Kier alpha value is -3.06. The van der Waals surface area contributed by atoms with Crippen LogP contribution in [0.1, 0.15) is 88.7 Å². The second-order valence-corrected chi connectivity index (χ2v) is 18.2. The summed E-state index contributed by atoms with van der Waals surface area (Å²) in [6.45, 7) is 3.61. The number of hydrogen-bond donors (Lipinski definition) is 5. The van der Waals surface area contributed by atoms with Crippen LogP contribution in [-0.4, -0.2) is 80.7 Å². The van der Waals surface area contributed by atoms with Crippen molar-refractivity contribution in [1.82, 2.24) is 10.6 Å². The fraction of sp³-hybridized carbons (Fsp3) is 0.628. The van der Waals surface area contributed by atoms with Crippen LogP contribution in [0.15, 0.2) is 47.5 Å². The Balaban J connectivity index is 1.52. The molecule has 2 bridgehead atoms. The number of nitrogens with one attached hydrogen (secondary N) is 3. The topological polar surface area (TPSA) is 134 Å². The van der Waals surface area contributed by atoms with Crippen LogP contribution in [0.25, 0.3) is 0 Å². The largest absolute Gasteiger partial charge is 0.504 e. The second-order valence-electron chi connectivity index (χ2n) is 15.7. The molecule has 1 heterocycles.